The quantitative estimate of drug-likeness (QED) is 0.265. The minimum atomic E-state index is -0.394. The SMILES string of the molecule is CN=C(NCC(=O)Nc1cccc(F)c1)NCC(c1ccc(OC)cc1)N1CCCC1.I. The number of aliphatic imine (C=N–C) groups is 1. The number of benzene rings is 2. The minimum absolute atomic E-state index is 0. The summed E-state index contributed by atoms with van der Waals surface area (Å²) in [5.41, 5.74) is 1.62. The molecule has 1 fully saturated rings. The van der Waals surface area contributed by atoms with Gasteiger partial charge < -0.3 is 20.7 Å². The van der Waals surface area contributed by atoms with Gasteiger partial charge in [-0.1, -0.05) is 18.2 Å². The molecule has 2 aromatic carbocycles. The number of anilines is 1. The lowest BCUT2D eigenvalue weighted by Gasteiger charge is -2.29. The molecule has 1 heterocycles. The summed E-state index contributed by atoms with van der Waals surface area (Å²) in [6, 6.07) is 14.1. The topological polar surface area (TPSA) is 78.0 Å². The van der Waals surface area contributed by atoms with Crippen molar-refractivity contribution in [2.75, 3.05) is 45.7 Å². The first-order valence-corrected chi connectivity index (χ1v) is 10.5. The largest absolute Gasteiger partial charge is 0.497 e. The number of nitrogens with one attached hydrogen (secondary N) is 3. The van der Waals surface area contributed by atoms with Crippen LogP contribution in [-0.2, 0) is 4.79 Å². The molecule has 1 unspecified atom stereocenters. The number of hydrogen-bond acceptors (Lipinski definition) is 4. The molecule has 1 aliphatic heterocycles. The van der Waals surface area contributed by atoms with E-state index < -0.39 is 5.82 Å². The molecular weight excluding hydrogens is 524 g/mol. The Kier molecular flexibility index (Phi) is 10.7. The van der Waals surface area contributed by atoms with Crippen molar-refractivity contribution in [3.05, 3.63) is 59.9 Å². The lowest BCUT2D eigenvalue weighted by Crippen LogP contribution is -2.44. The van der Waals surface area contributed by atoms with Crippen LogP contribution in [0.2, 0.25) is 0 Å². The fourth-order valence-electron chi connectivity index (χ4n) is 3.69. The molecule has 0 aromatic heterocycles. The highest BCUT2D eigenvalue weighted by atomic mass is 127. The van der Waals surface area contributed by atoms with Gasteiger partial charge >= 0.3 is 0 Å². The predicted octanol–water partition coefficient (Wildman–Crippen LogP) is 3.39. The maximum atomic E-state index is 13.3. The van der Waals surface area contributed by atoms with E-state index in [4.69, 9.17) is 4.74 Å². The van der Waals surface area contributed by atoms with Crippen LogP contribution < -0.4 is 20.7 Å². The molecule has 9 heteroatoms. The molecule has 3 N–H and O–H groups in total. The van der Waals surface area contributed by atoms with Crippen molar-refractivity contribution in [2.24, 2.45) is 4.99 Å². The molecule has 3 rings (SSSR count). The molecule has 0 radical (unpaired) electrons. The number of guanidine groups is 1. The highest BCUT2D eigenvalue weighted by molar-refractivity contribution is 14.0. The number of likely N-dealkylation sites (tertiary alicyclic amines) is 1. The monoisotopic (exact) mass is 555 g/mol. The van der Waals surface area contributed by atoms with Crippen LogP contribution in [0.15, 0.2) is 53.5 Å². The maximum absolute atomic E-state index is 13.3. The smallest absolute Gasteiger partial charge is 0.243 e. The van der Waals surface area contributed by atoms with E-state index in [2.05, 4.69) is 38.0 Å². The molecule has 0 bridgehead atoms. The number of methoxy groups -OCH3 is 1. The molecular formula is C23H31FIN5O2. The summed E-state index contributed by atoms with van der Waals surface area (Å²) < 4.78 is 18.5. The Balaban J connectivity index is 0.00000363. The summed E-state index contributed by atoms with van der Waals surface area (Å²) in [5.74, 6) is 0.695. The molecule has 0 saturated carbocycles. The van der Waals surface area contributed by atoms with Crippen LogP contribution in [0.3, 0.4) is 0 Å². The molecule has 174 valence electrons. The second-order valence-electron chi connectivity index (χ2n) is 7.40. The number of rotatable bonds is 8. The number of carbonyl (C=O) groups excluding carboxylic acids is 1. The molecule has 1 atom stereocenters. The Labute approximate surface area is 205 Å². The number of halogens is 2. The highest BCUT2D eigenvalue weighted by Gasteiger charge is 2.23. The van der Waals surface area contributed by atoms with Crippen molar-refractivity contribution in [3.63, 3.8) is 0 Å². The summed E-state index contributed by atoms with van der Waals surface area (Å²) in [4.78, 5) is 18.8. The Morgan fingerprint density at radius 2 is 1.88 bits per heavy atom. The Bertz CT molecular complexity index is 888. The first kappa shape index (κ1) is 25.9. The van der Waals surface area contributed by atoms with E-state index in [1.807, 2.05) is 12.1 Å². The van der Waals surface area contributed by atoms with Crippen molar-refractivity contribution >= 4 is 41.5 Å². The van der Waals surface area contributed by atoms with E-state index in [1.165, 1.54) is 30.5 Å². The third-order valence-corrected chi connectivity index (χ3v) is 5.29. The van der Waals surface area contributed by atoms with Gasteiger partial charge in [0.05, 0.1) is 19.7 Å². The number of ether oxygens (including phenoxy) is 1. The molecule has 32 heavy (non-hydrogen) atoms. The van der Waals surface area contributed by atoms with E-state index in [0.717, 1.165) is 18.8 Å². The van der Waals surface area contributed by atoms with Crippen LogP contribution in [0.5, 0.6) is 5.75 Å². The molecule has 0 aliphatic carbocycles. The minimum Gasteiger partial charge on any atom is -0.497 e. The van der Waals surface area contributed by atoms with Gasteiger partial charge in [-0.05, 0) is 61.8 Å². The van der Waals surface area contributed by atoms with E-state index in [1.54, 1.807) is 26.3 Å². The Morgan fingerprint density at radius 1 is 1.16 bits per heavy atom. The lowest BCUT2D eigenvalue weighted by atomic mass is 10.1. The third-order valence-electron chi connectivity index (χ3n) is 5.29. The van der Waals surface area contributed by atoms with Gasteiger partial charge in [-0.25, -0.2) is 4.39 Å². The number of carbonyl (C=O) groups is 1. The average Bonchev–Trinajstić information content (AvgIpc) is 3.31. The van der Waals surface area contributed by atoms with E-state index in [-0.39, 0.29) is 42.5 Å². The normalized spacial score (nSPS) is 14.9. The summed E-state index contributed by atoms with van der Waals surface area (Å²) in [6.07, 6.45) is 2.39. The Hall–Kier alpha value is -2.40. The molecule has 1 amide bonds. The fraction of sp³-hybridized carbons (Fsp3) is 0.391. The van der Waals surface area contributed by atoms with Crippen LogP contribution in [0.1, 0.15) is 24.4 Å². The van der Waals surface area contributed by atoms with Crippen molar-refractivity contribution in [3.8, 4) is 5.75 Å². The van der Waals surface area contributed by atoms with Gasteiger partial charge in [-0.2, -0.15) is 0 Å². The van der Waals surface area contributed by atoms with Crippen LogP contribution in [-0.4, -0.2) is 57.1 Å². The van der Waals surface area contributed by atoms with Crippen LogP contribution >= 0.6 is 24.0 Å². The molecule has 1 aliphatic rings. The fourth-order valence-corrected chi connectivity index (χ4v) is 3.69. The highest BCUT2D eigenvalue weighted by Crippen LogP contribution is 2.26. The standard InChI is InChI=1S/C23H30FN5O2.HI/c1-25-23(27-16-22(30)28-19-7-5-6-18(24)14-19)26-15-21(29-12-3-4-13-29)17-8-10-20(31-2)11-9-17;/h5-11,14,21H,3-4,12-13,15-16H2,1-2H3,(H,28,30)(H2,25,26,27);1H. The summed E-state index contributed by atoms with van der Waals surface area (Å²) in [7, 11) is 3.33. The van der Waals surface area contributed by atoms with Crippen molar-refractivity contribution in [1.82, 2.24) is 15.5 Å². The van der Waals surface area contributed by atoms with Crippen molar-refractivity contribution < 1.29 is 13.9 Å². The summed E-state index contributed by atoms with van der Waals surface area (Å²) in [6.45, 7) is 2.78. The van der Waals surface area contributed by atoms with Crippen molar-refractivity contribution in [2.45, 2.75) is 18.9 Å². The van der Waals surface area contributed by atoms with Crippen LogP contribution in [0, 0.1) is 5.82 Å². The van der Waals surface area contributed by atoms with Gasteiger partial charge in [0.25, 0.3) is 0 Å². The van der Waals surface area contributed by atoms with Gasteiger partial charge in [-0.3, -0.25) is 14.7 Å². The summed E-state index contributed by atoms with van der Waals surface area (Å²) in [5, 5.41) is 9.01. The van der Waals surface area contributed by atoms with E-state index >= 15 is 0 Å². The Morgan fingerprint density at radius 3 is 2.50 bits per heavy atom. The average molecular weight is 555 g/mol. The molecule has 1 saturated heterocycles. The summed E-state index contributed by atoms with van der Waals surface area (Å²) >= 11 is 0. The number of nitrogens with zero attached hydrogens (tertiary/aromatic N) is 2. The predicted molar refractivity (Wildman–Crippen MR) is 136 cm³/mol. The van der Waals surface area contributed by atoms with Crippen LogP contribution in [0.25, 0.3) is 0 Å². The third kappa shape index (κ3) is 7.63. The first-order valence-electron chi connectivity index (χ1n) is 10.5. The van der Waals surface area contributed by atoms with E-state index in [9.17, 15) is 9.18 Å². The van der Waals surface area contributed by atoms with Gasteiger partial charge in [0.15, 0.2) is 5.96 Å². The van der Waals surface area contributed by atoms with Gasteiger partial charge in [-0.15, -0.1) is 24.0 Å². The zero-order valence-corrected chi connectivity index (χ0v) is 20.8. The molecule has 2 aromatic rings. The van der Waals surface area contributed by atoms with Crippen molar-refractivity contribution in [1.29, 1.82) is 0 Å². The van der Waals surface area contributed by atoms with Gasteiger partial charge in [0.2, 0.25) is 5.91 Å². The zero-order valence-electron chi connectivity index (χ0n) is 18.4. The number of hydrogen-bond donors (Lipinski definition) is 3. The first-order chi connectivity index (χ1) is 15.1. The van der Waals surface area contributed by atoms with Crippen LogP contribution in [0.4, 0.5) is 10.1 Å². The van der Waals surface area contributed by atoms with E-state index in [0.29, 0.717) is 18.2 Å². The lowest BCUT2D eigenvalue weighted by molar-refractivity contribution is -0.115. The second kappa shape index (κ2) is 13.2. The zero-order chi connectivity index (χ0) is 22.1. The molecule has 0 spiro atoms. The molecule has 7 nitrogen and oxygen atoms in total. The maximum Gasteiger partial charge on any atom is 0.243 e. The number of amides is 1. The van der Waals surface area contributed by atoms with Gasteiger partial charge in [0, 0.05) is 19.3 Å². The second-order valence-corrected chi connectivity index (χ2v) is 7.40. The van der Waals surface area contributed by atoms with Gasteiger partial charge in [0.1, 0.15) is 11.6 Å².